The van der Waals surface area contributed by atoms with Crippen molar-refractivity contribution in [2.45, 2.75) is 13.8 Å². The number of likely N-dealkylation sites (N-methyl/N-ethyl adjacent to an activating group) is 1. The van der Waals surface area contributed by atoms with Gasteiger partial charge in [0, 0.05) is 6.54 Å². The van der Waals surface area contributed by atoms with Crippen molar-refractivity contribution in [3.8, 4) is 0 Å². The predicted molar refractivity (Wildman–Crippen MR) is 50.6 cm³/mol. The number of nitrogens with zero attached hydrogens (tertiary/aromatic N) is 1. The van der Waals surface area contributed by atoms with Gasteiger partial charge in [0.05, 0.1) is 13.2 Å². The maximum Gasteiger partial charge on any atom is 0.293 e. The van der Waals surface area contributed by atoms with E-state index in [4.69, 9.17) is 4.74 Å². The van der Waals surface area contributed by atoms with Gasteiger partial charge in [-0.05, 0) is 13.1 Å². The number of hydrogen-bond donors (Lipinski definition) is 0. The predicted octanol–water partition coefficient (Wildman–Crippen LogP) is 0.518. The average molecular weight is 189 g/mol. The van der Waals surface area contributed by atoms with Gasteiger partial charge in [-0.3, -0.25) is 4.79 Å². The molecule has 0 aliphatic carbocycles. The molecule has 0 rings (SSSR count). The fraction of sp³-hybridized carbons (Fsp3) is 0.889. The molecule has 0 aromatic carbocycles. The second-order valence-corrected chi connectivity index (χ2v) is 2.61. The van der Waals surface area contributed by atoms with Crippen molar-refractivity contribution < 1.29 is 14.3 Å². The summed E-state index contributed by atoms with van der Waals surface area (Å²) in [6.45, 7) is 9.25. The Bertz CT molecular complexity index is 115. The molecule has 4 heteroatoms. The second kappa shape index (κ2) is 9.48. The molecule has 0 aliphatic heterocycles. The molecule has 0 aliphatic rings. The molecule has 0 atom stereocenters. The monoisotopic (exact) mass is 189 g/mol. The highest BCUT2D eigenvalue weighted by Crippen LogP contribution is 1.86. The summed E-state index contributed by atoms with van der Waals surface area (Å²) in [5, 5.41) is 0. The smallest absolute Gasteiger partial charge is 0.293 e. The van der Waals surface area contributed by atoms with Crippen LogP contribution < -0.4 is 0 Å². The number of ether oxygens (including phenoxy) is 2. The zero-order chi connectivity index (χ0) is 9.94. The van der Waals surface area contributed by atoms with E-state index in [9.17, 15) is 4.79 Å². The number of carbonyl (C=O) groups excluding carboxylic acids is 1. The number of carbonyl (C=O) groups is 1. The lowest BCUT2D eigenvalue weighted by atomic mass is 10.5. The Morgan fingerprint density at radius 3 is 2.38 bits per heavy atom. The highest BCUT2D eigenvalue weighted by atomic mass is 16.5. The van der Waals surface area contributed by atoms with E-state index in [0.29, 0.717) is 26.3 Å². The summed E-state index contributed by atoms with van der Waals surface area (Å²) in [7, 11) is 0. The molecule has 0 bridgehead atoms. The first-order chi connectivity index (χ1) is 6.35. The van der Waals surface area contributed by atoms with E-state index >= 15 is 0 Å². The topological polar surface area (TPSA) is 38.8 Å². The molecule has 4 nitrogen and oxygen atoms in total. The van der Waals surface area contributed by atoms with Gasteiger partial charge in [0.15, 0.2) is 0 Å². The van der Waals surface area contributed by atoms with Gasteiger partial charge in [0.1, 0.15) is 6.61 Å². The lowest BCUT2D eigenvalue weighted by Crippen LogP contribution is -2.27. The van der Waals surface area contributed by atoms with Crippen molar-refractivity contribution in [2.24, 2.45) is 0 Å². The largest absolute Gasteiger partial charge is 0.465 e. The van der Waals surface area contributed by atoms with E-state index in [1.165, 1.54) is 0 Å². The van der Waals surface area contributed by atoms with Gasteiger partial charge < -0.3 is 14.4 Å². The van der Waals surface area contributed by atoms with Crippen LogP contribution in [-0.4, -0.2) is 50.8 Å². The summed E-state index contributed by atoms with van der Waals surface area (Å²) in [6.07, 6.45) is 0. The summed E-state index contributed by atoms with van der Waals surface area (Å²) in [6, 6.07) is 0. The Labute approximate surface area is 79.8 Å². The van der Waals surface area contributed by atoms with Gasteiger partial charge in [0.25, 0.3) is 6.47 Å². The van der Waals surface area contributed by atoms with Gasteiger partial charge >= 0.3 is 0 Å². The molecule has 0 radical (unpaired) electrons. The molecule has 0 N–H and O–H groups in total. The zero-order valence-electron chi connectivity index (χ0n) is 8.49. The van der Waals surface area contributed by atoms with Crippen LogP contribution >= 0.6 is 0 Å². The van der Waals surface area contributed by atoms with Crippen LogP contribution in [0.5, 0.6) is 0 Å². The van der Waals surface area contributed by atoms with Crippen molar-refractivity contribution in [3.63, 3.8) is 0 Å². The van der Waals surface area contributed by atoms with Crippen molar-refractivity contribution in [1.82, 2.24) is 4.90 Å². The van der Waals surface area contributed by atoms with E-state index in [0.717, 1.165) is 19.6 Å². The number of rotatable bonds is 9. The molecular weight excluding hydrogens is 170 g/mol. The average Bonchev–Trinajstić information content (AvgIpc) is 2.17. The first kappa shape index (κ1) is 12.4. The lowest BCUT2D eigenvalue weighted by Gasteiger charge is -2.17. The molecule has 0 fully saturated rings. The van der Waals surface area contributed by atoms with Crippen molar-refractivity contribution in [3.05, 3.63) is 0 Å². The van der Waals surface area contributed by atoms with E-state index in [2.05, 4.69) is 23.5 Å². The lowest BCUT2D eigenvalue weighted by molar-refractivity contribution is -0.130. The van der Waals surface area contributed by atoms with Gasteiger partial charge in [-0.1, -0.05) is 13.8 Å². The molecule has 0 aromatic rings. The summed E-state index contributed by atoms with van der Waals surface area (Å²) in [5.74, 6) is 0. The summed E-state index contributed by atoms with van der Waals surface area (Å²) in [4.78, 5) is 12.0. The quantitative estimate of drug-likeness (QED) is 0.391. The zero-order valence-corrected chi connectivity index (χ0v) is 8.49. The molecule has 78 valence electrons. The normalized spacial score (nSPS) is 10.4. The van der Waals surface area contributed by atoms with Gasteiger partial charge in [0.2, 0.25) is 0 Å². The Balaban J connectivity index is 3.09. The summed E-state index contributed by atoms with van der Waals surface area (Å²) >= 11 is 0. The highest BCUT2D eigenvalue weighted by molar-refractivity contribution is 5.36. The Kier molecular flexibility index (Phi) is 9.03. The molecule has 0 heterocycles. The minimum absolute atomic E-state index is 0.349. The van der Waals surface area contributed by atoms with Crippen LogP contribution in [-0.2, 0) is 14.3 Å². The van der Waals surface area contributed by atoms with Crippen LogP contribution in [0.1, 0.15) is 13.8 Å². The van der Waals surface area contributed by atoms with Gasteiger partial charge in [-0.15, -0.1) is 0 Å². The van der Waals surface area contributed by atoms with Crippen LogP contribution in [0.25, 0.3) is 0 Å². The Hall–Kier alpha value is -0.610. The second-order valence-electron chi connectivity index (χ2n) is 2.61. The maximum atomic E-state index is 9.75. The van der Waals surface area contributed by atoms with Crippen LogP contribution in [0.4, 0.5) is 0 Å². The molecule has 0 saturated heterocycles. The van der Waals surface area contributed by atoms with Crippen LogP contribution in [0.3, 0.4) is 0 Å². The molecule has 0 spiro atoms. The number of hydrogen-bond acceptors (Lipinski definition) is 4. The van der Waals surface area contributed by atoms with E-state index in [1.807, 2.05) is 0 Å². The molecule has 0 aromatic heterocycles. The third-order valence-corrected chi connectivity index (χ3v) is 1.86. The summed E-state index contributed by atoms with van der Waals surface area (Å²) < 4.78 is 9.72. The fourth-order valence-corrected chi connectivity index (χ4v) is 0.991. The first-order valence-corrected chi connectivity index (χ1v) is 4.70. The van der Waals surface area contributed by atoms with Crippen molar-refractivity contribution in [2.75, 3.05) is 39.5 Å². The third-order valence-electron chi connectivity index (χ3n) is 1.86. The summed E-state index contributed by atoms with van der Waals surface area (Å²) in [5.41, 5.74) is 0. The first-order valence-electron chi connectivity index (χ1n) is 4.70. The van der Waals surface area contributed by atoms with Crippen LogP contribution in [0.2, 0.25) is 0 Å². The molecule has 0 unspecified atom stereocenters. The van der Waals surface area contributed by atoms with Crippen molar-refractivity contribution >= 4 is 6.47 Å². The molecule has 0 amide bonds. The maximum absolute atomic E-state index is 9.75. The molecular formula is C9H19NO3. The minimum Gasteiger partial charge on any atom is -0.465 e. The van der Waals surface area contributed by atoms with Crippen LogP contribution in [0.15, 0.2) is 0 Å². The SMILES string of the molecule is CCN(CC)CCOCCOC=O. The van der Waals surface area contributed by atoms with E-state index < -0.39 is 0 Å². The van der Waals surface area contributed by atoms with Gasteiger partial charge in [-0.2, -0.15) is 0 Å². The Morgan fingerprint density at radius 2 is 1.85 bits per heavy atom. The Morgan fingerprint density at radius 1 is 1.15 bits per heavy atom. The standard InChI is InChI=1S/C9H19NO3/c1-3-10(4-2)5-6-12-7-8-13-9-11/h9H,3-8H2,1-2H3. The van der Waals surface area contributed by atoms with Crippen LogP contribution in [0, 0.1) is 0 Å². The highest BCUT2D eigenvalue weighted by Gasteiger charge is 1.97. The fourth-order valence-electron chi connectivity index (χ4n) is 0.991. The minimum atomic E-state index is 0.349. The third kappa shape index (κ3) is 7.74. The van der Waals surface area contributed by atoms with E-state index in [-0.39, 0.29) is 0 Å². The van der Waals surface area contributed by atoms with E-state index in [1.54, 1.807) is 0 Å². The molecule has 0 saturated carbocycles. The van der Waals surface area contributed by atoms with Crippen molar-refractivity contribution in [1.29, 1.82) is 0 Å². The molecule has 13 heavy (non-hydrogen) atoms. The van der Waals surface area contributed by atoms with Gasteiger partial charge in [-0.25, -0.2) is 0 Å².